The number of halogens is 3. The molecular formula is C19H17F3N2O2S. The maximum absolute atomic E-state index is 12.8. The Morgan fingerprint density at radius 3 is 2.04 bits per heavy atom. The summed E-state index contributed by atoms with van der Waals surface area (Å²) in [5.41, 5.74) is 0.0779. The molecule has 0 unspecified atom stereocenters. The summed E-state index contributed by atoms with van der Waals surface area (Å²) < 4.78 is 66.0. The van der Waals surface area contributed by atoms with Crippen LogP contribution in [0.5, 0.6) is 0 Å². The third kappa shape index (κ3) is 3.85. The monoisotopic (exact) mass is 394 g/mol. The first-order valence-electron chi connectivity index (χ1n) is 7.99. The van der Waals surface area contributed by atoms with Crippen molar-refractivity contribution in [1.82, 2.24) is 0 Å². The number of sulfonamides is 1. The van der Waals surface area contributed by atoms with Crippen LogP contribution in [0.15, 0.2) is 65.6 Å². The third-order valence-electron chi connectivity index (χ3n) is 4.09. The minimum absolute atomic E-state index is 0.0589. The summed E-state index contributed by atoms with van der Waals surface area (Å²) in [7, 11) is -0.265. The van der Waals surface area contributed by atoms with Crippen molar-refractivity contribution in [3.05, 3.63) is 66.2 Å². The van der Waals surface area contributed by atoms with Crippen molar-refractivity contribution >= 4 is 32.2 Å². The number of rotatable bonds is 4. The fourth-order valence-corrected chi connectivity index (χ4v) is 4.11. The minimum atomic E-state index is -4.48. The molecule has 8 heteroatoms. The molecule has 0 saturated carbocycles. The highest BCUT2D eigenvalue weighted by Crippen LogP contribution is 2.32. The van der Waals surface area contributed by atoms with Crippen molar-refractivity contribution in [1.29, 1.82) is 0 Å². The topological polar surface area (TPSA) is 49.4 Å². The molecule has 27 heavy (non-hydrogen) atoms. The zero-order valence-electron chi connectivity index (χ0n) is 14.6. The summed E-state index contributed by atoms with van der Waals surface area (Å²) in [6, 6.07) is 14.1. The van der Waals surface area contributed by atoms with Gasteiger partial charge in [-0.15, -0.1) is 0 Å². The van der Waals surface area contributed by atoms with Crippen molar-refractivity contribution < 1.29 is 21.6 Å². The summed E-state index contributed by atoms with van der Waals surface area (Å²) in [5.74, 6) is 0. The molecule has 0 aliphatic rings. The lowest BCUT2D eigenvalue weighted by Crippen LogP contribution is -2.14. The van der Waals surface area contributed by atoms with Crippen LogP contribution in [0.1, 0.15) is 5.56 Å². The molecule has 0 spiro atoms. The van der Waals surface area contributed by atoms with Crippen LogP contribution in [-0.2, 0) is 16.2 Å². The molecule has 0 fully saturated rings. The Labute approximate surface area is 155 Å². The van der Waals surface area contributed by atoms with Crippen LogP contribution in [0.3, 0.4) is 0 Å². The lowest BCUT2D eigenvalue weighted by molar-refractivity contribution is -0.137. The van der Waals surface area contributed by atoms with E-state index in [-0.39, 0.29) is 10.6 Å². The van der Waals surface area contributed by atoms with Gasteiger partial charge < -0.3 is 4.90 Å². The van der Waals surface area contributed by atoms with Gasteiger partial charge >= 0.3 is 6.18 Å². The molecule has 0 aliphatic heterocycles. The molecule has 0 radical (unpaired) electrons. The maximum Gasteiger partial charge on any atom is 0.416 e. The number of fused-ring (bicyclic) bond motifs is 1. The number of nitrogens with zero attached hydrogens (tertiary/aromatic N) is 1. The van der Waals surface area contributed by atoms with Gasteiger partial charge in [-0.1, -0.05) is 24.3 Å². The molecule has 3 aromatic rings. The quantitative estimate of drug-likeness (QED) is 0.696. The Morgan fingerprint density at radius 1 is 0.852 bits per heavy atom. The zero-order chi connectivity index (χ0) is 19.8. The standard InChI is InChI=1S/C19H17F3N2O2S/c1-24(2)17-7-3-6-16-15(17)5-4-8-18(16)27(25,26)23-14-11-9-13(10-12-14)19(20,21)22/h3-12,23H,1-2H3. The molecule has 0 bridgehead atoms. The molecular weight excluding hydrogens is 377 g/mol. The van der Waals surface area contributed by atoms with E-state index in [1.165, 1.54) is 6.07 Å². The predicted molar refractivity (Wildman–Crippen MR) is 101 cm³/mol. The molecule has 3 aromatic carbocycles. The second kappa shape index (κ2) is 6.77. The molecule has 142 valence electrons. The van der Waals surface area contributed by atoms with Gasteiger partial charge in [0.2, 0.25) is 0 Å². The summed E-state index contributed by atoms with van der Waals surface area (Å²) in [6.45, 7) is 0. The predicted octanol–water partition coefficient (Wildman–Crippen LogP) is 4.73. The molecule has 0 atom stereocenters. The second-order valence-corrected chi connectivity index (χ2v) is 7.85. The lowest BCUT2D eigenvalue weighted by Gasteiger charge is -2.17. The Bertz CT molecular complexity index is 1080. The SMILES string of the molecule is CN(C)c1cccc2c(S(=O)(=O)Nc3ccc(C(F)(F)F)cc3)cccc12. The highest BCUT2D eigenvalue weighted by atomic mass is 32.2. The summed E-state index contributed by atoms with van der Waals surface area (Å²) in [4.78, 5) is 1.94. The van der Waals surface area contributed by atoms with E-state index in [1.807, 2.05) is 31.1 Å². The minimum Gasteiger partial charge on any atom is -0.377 e. The number of alkyl halides is 3. The van der Waals surface area contributed by atoms with Gasteiger partial charge in [0.05, 0.1) is 10.5 Å². The fourth-order valence-electron chi connectivity index (χ4n) is 2.83. The van der Waals surface area contributed by atoms with Crippen LogP contribution in [0.2, 0.25) is 0 Å². The average Bonchev–Trinajstić information content (AvgIpc) is 2.59. The number of hydrogen-bond donors (Lipinski definition) is 1. The number of benzene rings is 3. The van der Waals surface area contributed by atoms with Gasteiger partial charge in [-0.25, -0.2) is 8.42 Å². The lowest BCUT2D eigenvalue weighted by atomic mass is 10.1. The highest BCUT2D eigenvalue weighted by Gasteiger charge is 2.30. The first-order valence-corrected chi connectivity index (χ1v) is 9.47. The van der Waals surface area contributed by atoms with Crippen molar-refractivity contribution in [2.24, 2.45) is 0 Å². The van der Waals surface area contributed by atoms with Gasteiger partial charge in [-0.3, -0.25) is 4.72 Å². The third-order valence-corrected chi connectivity index (χ3v) is 5.53. The Kier molecular flexibility index (Phi) is 4.77. The Hall–Kier alpha value is -2.74. The second-order valence-electron chi connectivity index (χ2n) is 6.20. The average molecular weight is 394 g/mol. The van der Waals surface area contributed by atoms with E-state index in [0.717, 1.165) is 35.3 Å². The zero-order valence-corrected chi connectivity index (χ0v) is 15.4. The van der Waals surface area contributed by atoms with Crippen LogP contribution in [-0.4, -0.2) is 22.5 Å². The van der Waals surface area contributed by atoms with Gasteiger partial charge in [-0.2, -0.15) is 13.2 Å². The van der Waals surface area contributed by atoms with Gasteiger partial charge in [0, 0.05) is 36.2 Å². The van der Waals surface area contributed by atoms with E-state index in [2.05, 4.69) is 4.72 Å². The van der Waals surface area contributed by atoms with E-state index in [0.29, 0.717) is 5.39 Å². The van der Waals surface area contributed by atoms with E-state index >= 15 is 0 Å². The molecule has 3 rings (SSSR count). The highest BCUT2D eigenvalue weighted by molar-refractivity contribution is 7.93. The molecule has 0 aromatic heterocycles. The van der Waals surface area contributed by atoms with E-state index in [9.17, 15) is 21.6 Å². The number of anilines is 2. The van der Waals surface area contributed by atoms with Gasteiger partial charge in [0.15, 0.2) is 0 Å². The first-order chi connectivity index (χ1) is 12.6. The van der Waals surface area contributed by atoms with Gasteiger partial charge in [-0.05, 0) is 36.4 Å². The van der Waals surface area contributed by atoms with Crippen LogP contribution < -0.4 is 9.62 Å². The van der Waals surface area contributed by atoms with Crippen LogP contribution >= 0.6 is 0 Å². The summed E-state index contributed by atoms with van der Waals surface area (Å²) in [6.07, 6.45) is -4.48. The van der Waals surface area contributed by atoms with Crippen molar-refractivity contribution in [3.63, 3.8) is 0 Å². The molecule has 4 nitrogen and oxygen atoms in total. The van der Waals surface area contributed by atoms with E-state index in [1.54, 1.807) is 18.2 Å². The fraction of sp³-hybridized carbons (Fsp3) is 0.158. The molecule has 0 aliphatic carbocycles. The summed E-state index contributed by atoms with van der Waals surface area (Å²) in [5, 5.41) is 1.29. The van der Waals surface area contributed by atoms with Crippen molar-refractivity contribution in [2.75, 3.05) is 23.7 Å². The summed E-state index contributed by atoms with van der Waals surface area (Å²) >= 11 is 0. The normalized spacial score (nSPS) is 12.2. The van der Waals surface area contributed by atoms with Gasteiger partial charge in [0.1, 0.15) is 0 Å². The van der Waals surface area contributed by atoms with E-state index < -0.39 is 21.8 Å². The van der Waals surface area contributed by atoms with E-state index in [4.69, 9.17) is 0 Å². The Balaban J connectivity index is 2.02. The van der Waals surface area contributed by atoms with Crippen molar-refractivity contribution in [3.8, 4) is 0 Å². The maximum atomic E-state index is 12.8. The molecule has 0 saturated heterocycles. The molecule has 1 N–H and O–H groups in total. The number of hydrogen-bond acceptors (Lipinski definition) is 3. The Morgan fingerprint density at radius 2 is 1.44 bits per heavy atom. The van der Waals surface area contributed by atoms with Crippen LogP contribution in [0, 0.1) is 0 Å². The van der Waals surface area contributed by atoms with Gasteiger partial charge in [0.25, 0.3) is 10.0 Å². The van der Waals surface area contributed by atoms with Crippen molar-refractivity contribution in [2.45, 2.75) is 11.1 Å². The van der Waals surface area contributed by atoms with Crippen LogP contribution in [0.25, 0.3) is 10.8 Å². The largest absolute Gasteiger partial charge is 0.416 e. The molecule has 0 amide bonds. The number of nitrogens with one attached hydrogen (secondary N) is 1. The smallest absolute Gasteiger partial charge is 0.377 e. The van der Waals surface area contributed by atoms with Crippen LogP contribution in [0.4, 0.5) is 24.5 Å². The first kappa shape index (κ1) is 19.0. The molecule has 0 heterocycles.